The summed E-state index contributed by atoms with van der Waals surface area (Å²) in [4.78, 5) is 22.8. The van der Waals surface area contributed by atoms with Crippen molar-refractivity contribution in [3.05, 3.63) is 35.4 Å². The third-order valence-electron chi connectivity index (χ3n) is 3.88. The Hall–Kier alpha value is -2.05. The molecule has 4 nitrogen and oxygen atoms in total. The molecule has 0 heterocycles. The quantitative estimate of drug-likeness (QED) is 0.645. The largest absolute Gasteiger partial charge is 0.469 e. The Balaban J connectivity index is 1.78. The molecule has 2 unspecified atom stereocenters. The molecule has 1 aromatic rings. The van der Waals surface area contributed by atoms with Gasteiger partial charge in [-0.05, 0) is 36.5 Å². The fourth-order valence-corrected chi connectivity index (χ4v) is 2.45. The van der Waals surface area contributed by atoms with Gasteiger partial charge >= 0.3 is 12.1 Å². The monoisotopic (exact) mass is 329 g/mol. The molecule has 1 N–H and O–H groups in total. The van der Waals surface area contributed by atoms with E-state index in [0.717, 1.165) is 17.7 Å². The van der Waals surface area contributed by atoms with E-state index in [0.29, 0.717) is 19.4 Å². The lowest BCUT2D eigenvalue weighted by Gasteiger charge is -2.08. The van der Waals surface area contributed by atoms with Crippen molar-refractivity contribution in [2.45, 2.75) is 31.4 Å². The number of hydrogen-bond acceptors (Lipinski definition) is 3. The van der Waals surface area contributed by atoms with Crippen LogP contribution in [0.15, 0.2) is 24.3 Å². The lowest BCUT2D eigenvalue weighted by atomic mass is 10.1. The Kier molecular flexibility index (Phi) is 5.28. The molecule has 23 heavy (non-hydrogen) atoms. The Bertz CT molecular complexity index is 569. The summed E-state index contributed by atoms with van der Waals surface area (Å²) in [7, 11) is 1.31. The van der Waals surface area contributed by atoms with Crippen LogP contribution in [0.1, 0.15) is 36.3 Å². The average Bonchev–Trinajstić information content (AvgIpc) is 3.31. The Morgan fingerprint density at radius 1 is 1.26 bits per heavy atom. The minimum Gasteiger partial charge on any atom is -0.469 e. The van der Waals surface area contributed by atoms with E-state index in [4.69, 9.17) is 0 Å². The molecule has 1 aliphatic carbocycles. The summed E-state index contributed by atoms with van der Waals surface area (Å²) in [6.07, 6.45) is -2.98. The standard InChI is InChI=1S/C16H18F3NO3/c1-23-14(21)3-2-8-20-15(22)13-9-12(13)10-4-6-11(7-5-10)16(17,18)19/h4-7,12-13H,2-3,8-9H2,1H3,(H,20,22). The zero-order valence-corrected chi connectivity index (χ0v) is 12.7. The molecule has 0 bridgehead atoms. The first-order chi connectivity index (χ1) is 10.8. The summed E-state index contributed by atoms with van der Waals surface area (Å²) in [6, 6.07) is 4.94. The second-order valence-corrected chi connectivity index (χ2v) is 5.54. The highest BCUT2D eigenvalue weighted by Gasteiger charge is 2.44. The molecule has 1 amide bonds. The van der Waals surface area contributed by atoms with Crippen LogP contribution in [0.2, 0.25) is 0 Å². The number of halogens is 3. The first kappa shape index (κ1) is 17.3. The number of benzene rings is 1. The van der Waals surface area contributed by atoms with Gasteiger partial charge in [-0.15, -0.1) is 0 Å². The first-order valence-corrected chi connectivity index (χ1v) is 7.34. The Labute approximate surface area is 132 Å². The SMILES string of the molecule is COC(=O)CCCNC(=O)C1CC1c1ccc(C(F)(F)F)cc1. The molecule has 1 saturated carbocycles. The van der Waals surface area contributed by atoms with Gasteiger partial charge in [-0.3, -0.25) is 9.59 Å². The molecule has 0 aliphatic heterocycles. The molecule has 1 fully saturated rings. The third-order valence-corrected chi connectivity index (χ3v) is 3.88. The smallest absolute Gasteiger partial charge is 0.416 e. The van der Waals surface area contributed by atoms with Gasteiger partial charge in [0.2, 0.25) is 5.91 Å². The second-order valence-electron chi connectivity index (χ2n) is 5.54. The first-order valence-electron chi connectivity index (χ1n) is 7.34. The van der Waals surface area contributed by atoms with Crippen molar-refractivity contribution >= 4 is 11.9 Å². The second kappa shape index (κ2) is 7.02. The minimum atomic E-state index is -4.35. The highest BCUT2D eigenvalue weighted by atomic mass is 19.4. The number of rotatable bonds is 6. The van der Waals surface area contributed by atoms with Crippen molar-refractivity contribution in [1.82, 2.24) is 5.32 Å². The van der Waals surface area contributed by atoms with Gasteiger partial charge in [0.25, 0.3) is 0 Å². The number of esters is 1. The number of alkyl halides is 3. The average molecular weight is 329 g/mol. The summed E-state index contributed by atoms with van der Waals surface area (Å²) in [5.74, 6) is -0.684. The maximum atomic E-state index is 12.5. The van der Waals surface area contributed by atoms with Gasteiger partial charge in [0.15, 0.2) is 0 Å². The van der Waals surface area contributed by atoms with Crippen LogP contribution in [0.5, 0.6) is 0 Å². The molecule has 0 radical (unpaired) electrons. The van der Waals surface area contributed by atoms with E-state index in [-0.39, 0.29) is 30.1 Å². The van der Waals surface area contributed by atoms with Crippen LogP contribution in [-0.2, 0) is 20.5 Å². The number of nitrogens with one attached hydrogen (secondary N) is 1. The molecule has 0 aromatic heterocycles. The number of hydrogen-bond donors (Lipinski definition) is 1. The van der Waals surface area contributed by atoms with Gasteiger partial charge in [-0.2, -0.15) is 13.2 Å². The molecule has 1 aliphatic rings. The Morgan fingerprint density at radius 2 is 1.91 bits per heavy atom. The van der Waals surface area contributed by atoms with Crippen LogP contribution in [0, 0.1) is 5.92 Å². The van der Waals surface area contributed by atoms with Crippen molar-refractivity contribution in [3.63, 3.8) is 0 Å². The fraction of sp³-hybridized carbons (Fsp3) is 0.500. The molecule has 2 rings (SSSR count). The summed E-state index contributed by atoms with van der Waals surface area (Å²) in [5, 5.41) is 2.73. The van der Waals surface area contributed by atoms with Gasteiger partial charge in [-0.25, -0.2) is 0 Å². The maximum Gasteiger partial charge on any atom is 0.416 e. The maximum absolute atomic E-state index is 12.5. The van der Waals surface area contributed by atoms with Gasteiger partial charge in [0.05, 0.1) is 12.7 Å². The van der Waals surface area contributed by atoms with E-state index in [2.05, 4.69) is 10.1 Å². The molecule has 0 spiro atoms. The predicted molar refractivity (Wildman–Crippen MR) is 76.6 cm³/mol. The highest BCUT2D eigenvalue weighted by molar-refractivity contribution is 5.82. The molecule has 7 heteroatoms. The van der Waals surface area contributed by atoms with Crippen molar-refractivity contribution < 1.29 is 27.5 Å². The summed E-state index contributed by atoms with van der Waals surface area (Å²) < 4.78 is 42.0. The lowest BCUT2D eigenvalue weighted by Crippen LogP contribution is -2.26. The molecular formula is C16H18F3NO3. The van der Waals surface area contributed by atoms with Crippen LogP contribution < -0.4 is 5.32 Å². The van der Waals surface area contributed by atoms with E-state index in [9.17, 15) is 22.8 Å². The van der Waals surface area contributed by atoms with E-state index in [1.165, 1.54) is 19.2 Å². The van der Waals surface area contributed by atoms with E-state index in [1.54, 1.807) is 0 Å². The molecule has 1 aromatic carbocycles. The number of carbonyl (C=O) groups excluding carboxylic acids is 2. The van der Waals surface area contributed by atoms with Crippen LogP contribution in [0.4, 0.5) is 13.2 Å². The normalized spacial score (nSPS) is 20.0. The van der Waals surface area contributed by atoms with Gasteiger partial charge in [0, 0.05) is 18.9 Å². The number of methoxy groups -OCH3 is 1. The Morgan fingerprint density at radius 3 is 2.48 bits per heavy atom. The zero-order chi connectivity index (χ0) is 17.0. The summed E-state index contributed by atoms with van der Waals surface area (Å²) in [5.41, 5.74) is 0.0541. The van der Waals surface area contributed by atoms with E-state index in [1.807, 2.05) is 0 Å². The van der Waals surface area contributed by atoms with Crippen molar-refractivity contribution in [3.8, 4) is 0 Å². The fourth-order valence-electron chi connectivity index (χ4n) is 2.45. The molecule has 2 atom stereocenters. The van der Waals surface area contributed by atoms with Crippen molar-refractivity contribution in [2.24, 2.45) is 5.92 Å². The number of amides is 1. The highest BCUT2D eigenvalue weighted by Crippen LogP contribution is 2.47. The molecule has 0 saturated heterocycles. The van der Waals surface area contributed by atoms with Crippen molar-refractivity contribution in [1.29, 1.82) is 0 Å². The number of carbonyl (C=O) groups is 2. The molecular weight excluding hydrogens is 311 g/mol. The number of ether oxygens (including phenoxy) is 1. The van der Waals surface area contributed by atoms with Crippen LogP contribution in [0.25, 0.3) is 0 Å². The van der Waals surface area contributed by atoms with Gasteiger partial charge in [-0.1, -0.05) is 12.1 Å². The minimum absolute atomic E-state index is 0.0297. The lowest BCUT2D eigenvalue weighted by molar-refractivity contribution is -0.141. The predicted octanol–water partition coefficient (Wildman–Crippen LogP) is 2.88. The van der Waals surface area contributed by atoms with Crippen molar-refractivity contribution in [2.75, 3.05) is 13.7 Å². The topological polar surface area (TPSA) is 55.4 Å². The van der Waals surface area contributed by atoms with Gasteiger partial charge in [0.1, 0.15) is 0 Å². The van der Waals surface area contributed by atoms with Crippen LogP contribution in [0.3, 0.4) is 0 Å². The summed E-state index contributed by atoms with van der Waals surface area (Å²) in [6.45, 7) is 0.379. The third kappa shape index (κ3) is 4.71. The van der Waals surface area contributed by atoms with E-state index < -0.39 is 11.7 Å². The van der Waals surface area contributed by atoms with Gasteiger partial charge < -0.3 is 10.1 Å². The molecule has 126 valence electrons. The van der Waals surface area contributed by atoms with E-state index >= 15 is 0 Å². The summed E-state index contributed by atoms with van der Waals surface area (Å²) >= 11 is 0. The van der Waals surface area contributed by atoms with Crippen LogP contribution in [-0.4, -0.2) is 25.5 Å². The van der Waals surface area contributed by atoms with Crippen LogP contribution >= 0.6 is 0 Å². The zero-order valence-electron chi connectivity index (χ0n) is 12.7.